The fraction of sp³-hybridized carbons (Fsp3) is 0.579. The van der Waals surface area contributed by atoms with Crippen LogP contribution in [0.3, 0.4) is 0 Å². The average Bonchev–Trinajstić information content (AvgIpc) is 2.86. The lowest BCUT2D eigenvalue weighted by Crippen LogP contribution is -2.40. The molecule has 2 fully saturated rings. The van der Waals surface area contributed by atoms with Gasteiger partial charge in [0.05, 0.1) is 12.0 Å². The zero-order valence-electron chi connectivity index (χ0n) is 13.4. The monoisotopic (exact) mass is 299 g/mol. The van der Waals surface area contributed by atoms with E-state index in [0.717, 1.165) is 13.0 Å². The number of hydrogen-bond donors (Lipinski definition) is 0. The van der Waals surface area contributed by atoms with Crippen molar-refractivity contribution in [2.75, 3.05) is 13.1 Å². The van der Waals surface area contributed by atoms with Crippen LogP contribution in [0.2, 0.25) is 0 Å². The van der Waals surface area contributed by atoms with Crippen LogP contribution in [0.5, 0.6) is 0 Å². The van der Waals surface area contributed by atoms with Crippen LogP contribution in [0, 0.1) is 11.3 Å². The minimum atomic E-state index is -0.239. The molecule has 3 nitrogen and oxygen atoms in total. The van der Waals surface area contributed by atoms with Gasteiger partial charge in [0.2, 0.25) is 5.91 Å². The largest absolute Gasteiger partial charge is 0.334 e. The Bertz CT molecular complexity index is 548. The fourth-order valence-corrected chi connectivity index (χ4v) is 4.09. The summed E-state index contributed by atoms with van der Waals surface area (Å²) in [5.74, 6) is 0.746. The van der Waals surface area contributed by atoms with Crippen molar-refractivity contribution in [2.45, 2.75) is 45.4 Å². The van der Waals surface area contributed by atoms with Crippen LogP contribution in [-0.4, -0.2) is 29.7 Å². The molecule has 0 bridgehead atoms. The Hall–Kier alpha value is -1.64. The van der Waals surface area contributed by atoms with E-state index in [2.05, 4.69) is 6.92 Å². The minimum absolute atomic E-state index is 0.0434. The van der Waals surface area contributed by atoms with E-state index in [9.17, 15) is 9.59 Å². The molecular formula is C19H25NO2. The van der Waals surface area contributed by atoms with Crippen LogP contribution in [-0.2, 0) is 4.79 Å². The molecule has 1 aliphatic carbocycles. The van der Waals surface area contributed by atoms with Crippen LogP contribution >= 0.6 is 0 Å². The molecule has 0 aromatic heterocycles. The molecule has 0 spiro atoms. The molecular weight excluding hydrogens is 274 g/mol. The summed E-state index contributed by atoms with van der Waals surface area (Å²) in [5.41, 5.74) is 0.457. The molecule has 0 N–H and O–H groups in total. The third-order valence-corrected chi connectivity index (χ3v) is 5.61. The third kappa shape index (κ3) is 2.81. The molecule has 118 valence electrons. The third-order valence-electron chi connectivity index (χ3n) is 5.61. The predicted octanol–water partition coefficient (Wildman–Crippen LogP) is 3.69. The molecule has 2 aliphatic rings. The van der Waals surface area contributed by atoms with Crippen molar-refractivity contribution in [1.82, 2.24) is 4.90 Å². The number of Topliss-reactive ketones (excluding diaryl/α,β-unsaturated/α-hetero) is 1. The molecule has 1 saturated carbocycles. The molecule has 22 heavy (non-hydrogen) atoms. The molecule has 1 aromatic rings. The number of carbonyl (C=O) groups is 2. The maximum atomic E-state index is 12.9. The summed E-state index contributed by atoms with van der Waals surface area (Å²) in [6.45, 7) is 3.08. The SMILES string of the molecule is C[C@]1(C2CCCCC2)CCN(CC(=O)c2ccccc2)C1=O. The van der Waals surface area contributed by atoms with Crippen molar-refractivity contribution in [1.29, 1.82) is 0 Å². The summed E-state index contributed by atoms with van der Waals surface area (Å²) in [7, 11) is 0. The van der Waals surface area contributed by atoms with Gasteiger partial charge in [0, 0.05) is 12.1 Å². The summed E-state index contributed by atoms with van der Waals surface area (Å²) >= 11 is 0. The van der Waals surface area contributed by atoms with Gasteiger partial charge in [-0.25, -0.2) is 0 Å². The van der Waals surface area contributed by atoms with Crippen molar-refractivity contribution in [3.8, 4) is 0 Å². The number of rotatable bonds is 4. The molecule has 1 aliphatic heterocycles. The highest BCUT2D eigenvalue weighted by molar-refractivity contribution is 6.00. The van der Waals surface area contributed by atoms with Gasteiger partial charge >= 0.3 is 0 Å². The van der Waals surface area contributed by atoms with Crippen molar-refractivity contribution < 1.29 is 9.59 Å². The van der Waals surface area contributed by atoms with E-state index in [4.69, 9.17) is 0 Å². The van der Waals surface area contributed by atoms with Gasteiger partial charge in [0.1, 0.15) is 0 Å². The van der Waals surface area contributed by atoms with Crippen LogP contribution in [0.25, 0.3) is 0 Å². The number of ketones is 1. The molecule has 1 aromatic carbocycles. The molecule has 1 heterocycles. The summed E-state index contributed by atoms with van der Waals surface area (Å²) in [6, 6.07) is 9.28. The first-order valence-electron chi connectivity index (χ1n) is 8.49. The standard InChI is InChI=1S/C19H25NO2/c1-19(16-10-6-3-7-11-16)12-13-20(18(19)22)14-17(21)15-8-4-2-5-9-15/h2,4-5,8-9,16H,3,6-7,10-14H2,1H3/t19-/m1/s1. The Kier molecular flexibility index (Phi) is 4.32. The lowest BCUT2D eigenvalue weighted by molar-refractivity contribution is -0.138. The molecule has 0 unspecified atom stereocenters. The maximum absolute atomic E-state index is 12.9. The first kappa shape index (κ1) is 15.3. The number of hydrogen-bond acceptors (Lipinski definition) is 2. The molecule has 1 atom stereocenters. The van der Waals surface area contributed by atoms with Crippen molar-refractivity contribution >= 4 is 11.7 Å². The highest BCUT2D eigenvalue weighted by Crippen LogP contribution is 2.45. The van der Waals surface area contributed by atoms with E-state index >= 15 is 0 Å². The second kappa shape index (κ2) is 6.23. The zero-order valence-corrected chi connectivity index (χ0v) is 13.4. The maximum Gasteiger partial charge on any atom is 0.229 e. The topological polar surface area (TPSA) is 37.4 Å². The summed E-state index contributed by atoms with van der Waals surface area (Å²) in [4.78, 5) is 27.0. The van der Waals surface area contributed by atoms with Crippen molar-refractivity contribution in [2.24, 2.45) is 11.3 Å². The number of benzene rings is 1. The van der Waals surface area contributed by atoms with Gasteiger partial charge in [0.25, 0.3) is 0 Å². The van der Waals surface area contributed by atoms with Gasteiger partial charge in [-0.3, -0.25) is 9.59 Å². The summed E-state index contributed by atoms with van der Waals surface area (Å²) in [6.07, 6.45) is 7.04. The highest BCUT2D eigenvalue weighted by atomic mass is 16.2. The first-order chi connectivity index (χ1) is 10.6. The molecule has 3 rings (SSSR count). The quantitative estimate of drug-likeness (QED) is 0.795. The van der Waals surface area contributed by atoms with Crippen LogP contribution < -0.4 is 0 Å². The Morgan fingerprint density at radius 2 is 1.86 bits per heavy atom. The summed E-state index contributed by atoms with van der Waals surface area (Å²) in [5, 5.41) is 0. The van der Waals surface area contributed by atoms with Gasteiger partial charge in [-0.15, -0.1) is 0 Å². The zero-order chi connectivity index (χ0) is 15.6. The van der Waals surface area contributed by atoms with E-state index in [1.165, 1.54) is 32.1 Å². The Morgan fingerprint density at radius 1 is 1.18 bits per heavy atom. The van der Waals surface area contributed by atoms with Gasteiger partial charge in [0.15, 0.2) is 5.78 Å². The first-order valence-corrected chi connectivity index (χ1v) is 8.49. The van der Waals surface area contributed by atoms with E-state index in [-0.39, 0.29) is 23.7 Å². The number of nitrogens with zero attached hydrogens (tertiary/aromatic N) is 1. The molecule has 0 radical (unpaired) electrons. The van der Waals surface area contributed by atoms with E-state index < -0.39 is 0 Å². The molecule has 1 amide bonds. The number of carbonyl (C=O) groups excluding carboxylic acids is 2. The van der Waals surface area contributed by atoms with Crippen molar-refractivity contribution in [3.63, 3.8) is 0 Å². The lowest BCUT2D eigenvalue weighted by atomic mass is 9.69. The van der Waals surface area contributed by atoms with Crippen molar-refractivity contribution in [3.05, 3.63) is 35.9 Å². The molecule has 1 saturated heterocycles. The van der Waals surface area contributed by atoms with Crippen LogP contribution in [0.15, 0.2) is 30.3 Å². The minimum Gasteiger partial charge on any atom is -0.334 e. The van der Waals surface area contributed by atoms with Gasteiger partial charge < -0.3 is 4.90 Å². The Balaban J connectivity index is 1.67. The summed E-state index contributed by atoms with van der Waals surface area (Å²) < 4.78 is 0. The van der Waals surface area contributed by atoms with Gasteiger partial charge in [-0.2, -0.15) is 0 Å². The predicted molar refractivity (Wildman–Crippen MR) is 86.7 cm³/mol. The van der Waals surface area contributed by atoms with Gasteiger partial charge in [-0.05, 0) is 25.2 Å². The number of likely N-dealkylation sites (tertiary alicyclic amines) is 1. The van der Waals surface area contributed by atoms with E-state index in [1.807, 2.05) is 30.3 Å². The lowest BCUT2D eigenvalue weighted by Gasteiger charge is -2.35. The Labute approximate surface area is 132 Å². The van der Waals surface area contributed by atoms with Crippen LogP contribution in [0.1, 0.15) is 55.8 Å². The normalized spacial score (nSPS) is 26.4. The van der Waals surface area contributed by atoms with Crippen LogP contribution in [0.4, 0.5) is 0 Å². The Morgan fingerprint density at radius 3 is 2.55 bits per heavy atom. The smallest absolute Gasteiger partial charge is 0.229 e. The number of amides is 1. The van der Waals surface area contributed by atoms with E-state index in [0.29, 0.717) is 11.5 Å². The molecule has 3 heteroatoms. The van der Waals surface area contributed by atoms with E-state index in [1.54, 1.807) is 4.90 Å². The highest BCUT2D eigenvalue weighted by Gasteiger charge is 2.48. The second-order valence-corrected chi connectivity index (χ2v) is 7.02. The van der Waals surface area contributed by atoms with Gasteiger partial charge in [-0.1, -0.05) is 56.5 Å². The fourth-order valence-electron chi connectivity index (χ4n) is 4.09. The average molecular weight is 299 g/mol. The second-order valence-electron chi connectivity index (χ2n) is 7.02.